The number of hydrogen-bond donors (Lipinski definition) is 0. The summed E-state index contributed by atoms with van der Waals surface area (Å²) in [5.41, 5.74) is 2.84. The van der Waals surface area contributed by atoms with Crippen LogP contribution in [0.4, 0.5) is 8.78 Å². The minimum Gasteiger partial charge on any atom is -0.204 e. The van der Waals surface area contributed by atoms with Crippen LogP contribution in [0.25, 0.3) is 11.1 Å². The van der Waals surface area contributed by atoms with Crippen LogP contribution in [0.2, 0.25) is 0 Å². The molecule has 0 aromatic heterocycles. The highest BCUT2D eigenvalue weighted by molar-refractivity contribution is 5.64. The van der Waals surface area contributed by atoms with Gasteiger partial charge in [-0.25, -0.2) is 8.78 Å². The quantitative estimate of drug-likeness (QED) is 0.609. The highest BCUT2D eigenvalue weighted by Crippen LogP contribution is 2.42. The van der Waals surface area contributed by atoms with Crippen molar-refractivity contribution in [1.29, 1.82) is 0 Å². The van der Waals surface area contributed by atoms with E-state index in [1.54, 1.807) is 12.1 Å². The Bertz CT molecular complexity index is 646. The van der Waals surface area contributed by atoms with E-state index in [2.05, 4.69) is 26.0 Å². The van der Waals surface area contributed by atoms with Gasteiger partial charge < -0.3 is 0 Å². The summed E-state index contributed by atoms with van der Waals surface area (Å²) in [6.45, 7) is 4.66. The third-order valence-corrected chi connectivity index (χ3v) is 4.98. The molecule has 0 amide bonds. The molecule has 2 aromatic carbocycles. The standard InChI is InChI=1S/C20H22F2/c1-20(2)12-10-15(11-13-20)14-6-8-16(9-7-14)17-4-3-5-18(21)19(17)22/h3-9,15H,10-13H2,1-2H3. The maximum atomic E-state index is 13.9. The molecular formula is C20H22F2. The topological polar surface area (TPSA) is 0 Å². The van der Waals surface area contributed by atoms with Crippen molar-refractivity contribution < 1.29 is 8.78 Å². The van der Waals surface area contributed by atoms with Crippen LogP contribution in [0.3, 0.4) is 0 Å². The first-order valence-electron chi connectivity index (χ1n) is 8.01. The highest BCUT2D eigenvalue weighted by Gasteiger charge is 2.27. The van der Waals surface area contributed by atoms with Crippen molar-refractivity contribution in [3.63, 3.8) is 0 Å². The van der Waals surface area contributed by atoms with Crippen LogP contribution in [0.15, 0.2) is 42.5 Å². The maximum Gasteiger partial charge on any atom is 0.166 e. The Labute approximate surface area is 131 Å². The highest BCUT2D eigenvalue weighted by atomic mass is 19.2. The molecule has 0 unspecified atom stereocenters. The second-order valence-corrected chi connectivity index (χ2v) is 7.16. The molecule has 1 aliphatic rings. The molecule has 2 aromatic rings. The molecule has 1 aliphatic carbocycles. The van der Waals surface area contributed by atoms with Crippen molar-refractivity contribution >= 4 is 0 Å². The molecule has 0 N–H and O–H groups in total. The van der Waals surface area contributed by atoms with Gasteiger partial charge in [-0.1, -0.05) is 50.2 Å². The van der Waals surface area contributed by atoms with E-state index in [-0.39, 0.29) is 0 Å². The lowest BCUT2D eigenvalue weighted by Gasteiger charge is -2.34. The Balaban J connectivity index is 1.80. The average Bonchev–Trinajstić information content (AvgIpc) is 2.50. The van der Waals surface area contributed by atoms with Crippen LogP contribution < -0.4 is 0 Å². The molecule has 0 bridgehead atoms. The van der Waals surface area contributed by atoms with E-state index in [0.717, 1.165) is 11.6 Å². The van der Waals surface area contributed by atoms with E-state index in [0.29, 0.717) is 16.9 Å². The van der Waals surface area contributed by atoms with Gasteiger partial charge in [-0.2, -0.15) is 0 Å². The first-order valence-corrected chi connectivity index (χ1v) is 8.01. The van der Waals surface area contributed by atoms with E-state index >= 15 is 0 Å². The second-order valence-electron chi connectivity index (χ2n) is 7.16. The fourth-order valence-corrected chi connectivity index (χ4v) is 3.39. The van der Waals surface area contributed by atoms with Crippen molar-refractivity contribution in [3.05, 3.63) is 59.7 Å². The molecule has 0 aliphatic heterocycles. The van der Waals surface area contributed by atoms with Crippen molar-refractivity contribution in [1.82, 2.24) is 0 Å². The van der Waals surface area contributed by atoms with Crippen molar-refractivity contribution in [2.75, 3.05) is 0 Å². The Morgan fingerprint density at radius 3 is 2.18 bits per heavy atom. The summed E-state index contributed by atoms with van der Waals surface area (Å²) in [5.74, 6) is -0.967. The molecule has 0 spiro atoms. The smallest absolute Gasteiger partial charge is 0.166 e. The third-order valence-electron chi connectivity index (χ3n) is 4.98. The zero-order valence-corrected chi connectivity index (χ0v) is 13.2. The van der Waals surface area contributed by atoms with Gasteiger partial charge in [0.25, 0.3) is 0 Å². The predicted molar refractivity (Wildman–Crippen MR) is 86.8 cm³/mol. The van der Waals surface area contributed by atoms with Gasteiger partial charge in [-0.15, -0.1) is 0 Å². The molecule has 22 heavy (non-hydrogen) atoms. The normalized spacial score (nSPS) is 18.4. The van der Waals surface area contributed by atoms with Crippen LogP contribution >= 0.6 is 0 Å². The van der Waals surface area contributed by atoms with E-state index in [1.165, 1.54) is 31.2 Å². The number of hydrogen-bond acceptors (Lipinski definition) is 0. The van der Waals surface area contributed by atoms with Crippen LogP contribution in [-0.2, 0) is 0 Å². The molecule has 0 atom stereocenters. The van der Waals surface area contributed by atoms with Gasteiger partial charge in [0, 0.05) is 5.56 Å². The van der Waals surface area contributed by atoms with Gasteiger partial charge in [0.2, 0.25) is 0 Å². The predicted octanol–water partition coefficient (Wildman–Crippen LogP) is 6.32. The average molecular weight is 300 g/mol. The molecule has 1 saturated carbocycles. The molecule has 0 heterocycles. The first kappa shape index (κ1) is 15.2. The van der Waals surface area contributed by atoms with Crippen LogP contribution in [0, 0.1) is 17.0 Å². The van der Waals surface area contributed by atoms with E-state index in [4.69, 9.17) is 0 Å². The van der Waals surface area contributed by atoms with Crippen LogP contribution in [0.1, 0.15) is 51.0 Å². The monoisotopic (exact) mass is 300 g/mol. The first-order chi connectivity index (χ1) is 10.5. The molecule has 0 radical (unpaired) electrons. The zero-order valence-electron chi connectivity index (χ0n) is 13.2. The molecular weight excluding hydrogens is 278 g/mol. The lowest BCUT2D eigenvalue weighted by atomic mass is 9.71. The van der Waals surface area contributed by atoms with Crippen LogP contribution in [0.5, 0.6) is 0 Å². The van der Waals surface area contributed by atoms with E-state index in [1.807, 2.05) is 12.1 Å². The summed E-state index contributed by atoms with van der Waals surface area (Å²) >= 11 is 0. The third kappa shape index (κ3) is 3.06. The summed E-state index contributed by atoms with van der Waals surface area (Å²) in [6.07, 6.45) is 4.91. The summed E-state index contributed by atoms with van der Waals surface area (Å²) in [6, 6.07) is 12.3. The minimum atomic E-state index is -0.795. The van der Waals surface area contributed by atoms with Crippen molar-refractivity contribution in [3.8, 4) is 11.1 Å². The Kier molecular flexibility index (Phi) is 4.03. The SMILES string of the molecule is CC1(C)CCC(c2ccc(-c3cccc(F)c3F)cc2)CC1. The Morgan fingerprint density at radius 1 is 0.909 bits per heavy atom. The number of halogens is 2. The summed E-state index contributed by atoms with van der Waals surface area (Å²) in [5, 5.41) is 0. The van der Waals surface area contributed by atoms with Crippen molar-refractivity contribution in [2.45, 2.75) is 45.4 Å². The second kappa shape index (κ2) is 5.83. The molecule has 116 valence electrons. The minimum absolute atomic E-state index is 0.330. The molecule has 0 saturated heterocycles. The Morgan fingerprint density at radius 2 is 1.55 bits per heavy atom. The van der Waals surface area contributed by atoms with Gasteiger partial charge >= 0.3 is 0 Å². The molecule has 1 fully saturated rings. The van der Waals surface area contributed by atoms with Gasteiger partial charge in [-0.3, -0.25) is 0 Å². The zero-order chi connectivity index (χ0) is 15.7. The largest absolute Gasteiger partial charge is 0.204 e. The lowest BCUT2D eigenvalue weighted by Crippen LogP contribution is -2.20. The van der Waals surface area contributed by atoms with Crippen LogP contribution in [-0.4, -0.2) is 0 Å². The summed E-state index contributed by atoms with van der Waals surface area (Å²) in [7, 11) is 0. The fourth-order valence-electron chi connectivity index (χ4n) is 3.39. The van der Waals surface area contributed by atoms with E-state index in [9.17, 15) is 8.78 Å². The van der Waals surface area contributed by atoms with Crippen molar-refractivity contribution in [2.24, 2.45) is 5.41 Å². The molecule has 3 rings (SSSR count). The lowest BCUT2D eigenvalue weighted by molar-refractivity contribution is 0.224. The van der Waals surface area contributed by atoms with Gasteiger partial charge in [-0.05, 0) is 54.2 Å². The number of benzene rings is 2. The fraction of sp³-hybridized carbons (Fsp3) is 0.400. The summed E-state index contributed by atoms with van der Waals surface area (Å²) in [4.78, 5) is 0. The molecule has 2 heteroatoms. The number of rotatable bonds is 2. The van der Waals surface area contributed by atoms with Gasteiger partial charge in [0.05, 0.1) is 0 Å². The molecule has 0 nitrogen and oxygen atoms in total. The maximum absolute atomic E-state index is 13.9. The van der Waals surface area contributed by atoms with Gasteiger partial charge in [0.15, 0.2) is 11.6 Å². The summed E-state index contributed by atoms with van der Waals surface area (Å²) < 4.78 is 27.2. The Hall–Kier alpha value is -1.70. The van der Waals surface area contributed by atoms with Gasteiger partial charge in [0.1, 0.15) is 0 Å². The van der Waals surface area contributed by atoms with E-state index < -0.39 is 11.6 Å².